The molecule has 1 aromatic carbocycles. The average molecular weight is 258 g/mol. The van der Waals surface area contributed by atoms with Crippen LogP contribution in [-0.4, -0.2) is 16.1 Å². The van der Waals surface area contributed by atoms with Gasteiger partial charge in [0.2, 0.25) is 0 Å². The van der Waals surface area contributed by atoms with Gasteiger partial charge in [0.25, 0.3) is 0 Å². The maximum absolute atomic E-state index is 12.9. The van der Waals surface area contributed by atoms with Crippen LogP contribution in [0.1, 0.15) is 10.7 Å². The highest BCUT2D eigenvalue weighted by molar-refractivity contribution is 5.87. The molecule has 0 aliphatic rings. The SMILES string of the molecule is NC(=O)c1nnc(Nc2cc(F)c(F)c(F)c2)o1. The van der Waals surface area contributed by atoms with Gasteiger partial charge in [-0.05, 0) is 0 Å². The van der Waals surface area contributed by atoms with Crippen LogP contribution >= 0.6 is 0 Å². The van der Waals surface area contributed by atoms with Crippen LogP contribution in [0, 0.1) is 17.5 Å². The highest BCUT2D eigenvalue weighted by Crippen LogP contribution is 2.20. The molecule has 0 aliphatic heterocycles. The Labute approximate surface area is 97.6 Å². The third-order valence-corrected chi connectivity index (χ3v) is 1.87. The molecule has 94 valence electrons. The number of carbonyl (C=O) groups is 1. The number of carbonyl (C=O) groups excluding carboxylic acids is 1. The number of nitrogens with zero attached hydrogens (tertiary/aromatic N) is 2. The van der Waals surface area contributed by atoms with E-state index >= 15 is 0 Å². The smallest absolute Gasteiger partial charge is 0.320 e. The predicted molar refractivity (Wildman–Crippen MR) is 52.4 cm³/mol. The number of nitrogens with two attached hydrogens (primary N) is 1. The molecule has 1 aromatic heterocycles. The van der Waals surface area contributed by atoms with Crippen LogP contribution in [0.3, 0.4) is 0 Å². The minimum Gasteiger partial charge on any atom is -0.399 e. The summed E-state index contributed by atoms with van der Waals surface area (Å²) in [5.74, 6) is -5.78. The van der Waals surface area contributed by atoms with Crippen LogP contribution in [0.2, 0.25) is 0 Å². The first-order valence-electron chi connectivity index (χ1n) is 4.52. The number of amides is 1. The average Bonchev–Trinajstić information content (AvgIpc) is 2.74. The van der Waals surface area contributed by atoms with E-state index in [2.05, 4.69) is 15.5 Å². The van der Waals surface area contributed by atoms with E-state index in [4.69, 9.17) is 10.2 Å². The van der Waals surface area contributed by atoms with E-state index in [1.54, 1.807) is 0 Å². The molecule has 2 rings (SSSR count). The normalized spacial score (nSPS) is 10.4. The van der Waals surface area contributed by atoms with Gasteiger partial charge in [-0.15, -0.1) is 5.10 Å². The Morgan fingerprint density at radius 3 is 2.33 bits per heavy atom. The maximum atomic E-state index is 12.9. The van der Waals surface area contributed by atoms with Gasteiger partial charge < -0.3 is 15.5 Å². The number of primary amides is 1. The highest BCUT2D eigenvalue weighted by Gasteiger charge is 2.14. The fourth-order valence-corrected chi connectivity index (χ4v) is 1.12. The minimum atomic E-state index is -1.59. The Balaban J connectivity index is 2.25. The van der Waals surface area contributed by atoms with Crippen molar-refractivity contribution in [3.8, 4) is 0 Å². The number of hydrogen-bond donors (Lipinski definition) is 2. The summed E-state index contributed by atoms with van der Waals surface area (Å²) >= 11 is 0. The highest BCUT2D eigenvalue weighted by atomic mass is 19.2. The van der Waals surface area contributed by atoms with E-state index in [1.807, 2.05) is 0 Å². The van der Waals surface area contributed by atoms with E-state index in [0.29, 0.717) is 12.1 Å². The van der Waals surface area contributed by atoms with Crippen molar-refractivity contribution in [2.45, 2.75) is 0 Å². The molecule has 0 unspecified atom stereocenters. The van der Waals surface area contributed by atoms with Crippen LogP contribution in [-0.2, 0) is 0 Å². The van der Waals surface area contributed by atoms with Crippen molar-refractivity contribution in [3.05, 3.63) is 35.5 Å². The summed E-state index contributed by atoms with van der Waals surface area (Å²) in [5, 5.41) is 8.90. The number of halogens is 3. The van der Waals surface area contributed by atoms with Crippen molar-refractivity contribution >= 4 is 17.6 Å². The van der Waals surface area contributed by atoms with Gasteiger partial charge in [0, 0.05) is 17.8 Å². The fraction of sp³-hybridized carbons (Fsp3) is 0. The van der Waals surface area contributed by atoms with Crippen molar-refractivity contribution in [2.24, 2.45) is 5.73 Å². The molecule has 9 heteroatoms. The lowest BCUT2D eigenvalue weighted by molar-refractivity contribution is 0.0968. The molecular formula is C9H5F3N4O2. The van der Waals surface area contributed by atoms with Crippen molar-refractivity contribution in [2.75, 3.05) is 5.32 Å². The Morgan fingerprint density at radius 1 is 1.22 bits per heavy atom. The second-order valence-corrected chi connectivity index (χ2v) is 3.16. The van der Waals surface area contributed by atoms with Crippen molar-refractivity contribution < 1.29 is 22.4 Å². The first kappa shape index (κ1) is 11.9. The zero-order valence-corrected chi connectivity index (χ0v) is 8.58. The van der Waals surface area contributed by atoms with Gasteiger partial charge >= 0.3 is 17.8 Å². The lowest BCUT2D eigenvalue weighted by atomic mass is 10.3. The quantitative estimate of drug-likeness (QED) is 0.810. The lowest BCUT2D eigenvalue weighted by Gasteiger charge is -2.02. The number of anilines is 2. The number of benzene rings is 1. The van der Waals surface area contributed by atoms with Gasteiger partial charge in [0.15, 0.2) is 17.5 Å². The maximum Gasteiger partial charge on any atom is 0.320 e. The van der Waals surface area contributed by atoms with E-state index in [1.165, 1.54) is 0 Å². The molecule has 6 nitrogen and oxygen atoms in total. The van der Waals surface area contributed by atoms with Gasteiger partial charge in [0.1, 0.15) is 0 Å². The van der Waals surface area contributed by atoms with Gasteiger partial charge in [-0.3, -0.25) is 4.79 Å². The third kappa shape index (κ3) is 2.24. The number of rotatable bonds is 3. The monoisotopic (exact) mass is 258 g/mol. The van der Waals surface area contributed by atoms with Crippen LogP contribution in [0.15, 0.2) is 16.5 Å². The number of aromatic nitrogens is 2. The summed E-state index contributed by atoms with van der Waals surface area (Å²) in [6.07, 6.45) is 0. The topological polar surface area (TPSA) is 94.0 Å². The Bertz CT molecular complexity index is 591. The third-order valence-electron chi connectivity index (χ3n) is 1.87. The fourth-order valence-electron chi connectivity index (χ4n) is 1.12. The van der Waals surface area contributed by atoms with Crippen LogP contribution < -0.4 is 11.1 Å². The van der Waals surface area contributed by atoms with Gasteiger partial charge in [-0.25, -0.2) is 13.2 Å². The molecule has 3 N–H and O–H groups in total. The molecule has 0 aliphatic carbocycles. The molecule has 0 atom stereocenters. The molecule has 0 fully saturated rings. The van der Waals surface area contributed by atoms with E-state index in [9.17, 15) is 18.0 Å². The first-order valence-corrected chi connectivity index (χ1v) is 4.52. The summed E-state index contributed by atoms with van der Waals surface area (Å²) in [4.78, 5) is 10.6. The standard InChI is InChI=1S/C9H5F3N4O2/c10-4-1-3(2-5(11)6(4)12)14-9-16-15-8(18-9)7(13)17/h1-2H,(H2,13,17)(H,14,16). The summed E-state index contributed by atoms with van der Waals surface area (Å²) < 4.78 is 43.1. The molecule has 0 saturated heterocycles. The van der Waals surface area contributed by atoms with Gasteiger partial charge in [0.05, 0.1) is 0 Å². The lowest BCUT2D eigenvalue weighted by Crippen LogP contribution is -2.10. The van der Waals surface area contributed by atoms with E-state index in [-0.39, 0.29) is 11.7 Å². The molecule has 0 bridgehead atoms. The Kier molecular flexibility index (Phi) is 2.88. The summed E-state index contributed by atoms with van der Waals surface area (Å²) in [6.45, 7) is 0. The van der Waals surface area contributed by atoms with Crippen LogP contribution in [0.25, 0.3) is 0 Å². The van der Waals surface area contributed by atoms with E-state index < -0.39 is 29.2 Å². The Hall–Kier alpha value is -2.58. The van der Waals surface area contributed by atoms with Crippen molar-refractivity contribution in [3.63, 3.8) is 0 Å². The molecule has 1 amide bonds. The predicted octanol–water partition coefficient (Wildman–Crippen LogP) is 1.33. The summed E-state index contributed by atoms with van der Waals surface area (Å²) in [5.41, 5.74) is 4.69. The van der Waals surface area contributed by atoms with Gasteiger partial charge in [-0.2, -0.15) is 0 Å². The first-order chi connectivity index (χ1) is 8.47. The number of nitrogens with one attached hydrogen (secondary N) is 1. The summed E-state index contributed by atoms with van der Waals surface area (Å²) in [7, 11) is 0. The second kappa shape index (κ2) is 4.35. The number of hydrogen-bond acceptors (Lipinski definition) is 5. The van der Waals surface area contributed by atoms with Gasteiger partial charge in [-0.1, -0.05) is 5.10 Å². The zero-order valence-electron chi connectivity index (χ0n) is 8.58. The molecular weight excluding hydrogens is 253 g/mol. The van der Waals surface area contributed by atoms with Crippen molar-refractivity contribution in [1.29, 1.82) is 0 Å². The molecule has 0 spiro atoms. The molecule has 0 saturated carbocycles. The van der Waals surface area contributed by atoms with E-state index in [0.717, 1.165) is 0 Å². The zero-order chi connectivity index (χ0) is 13.3. The van der Waals surface area contributed by atoms with Crippen LogP contribution in [0.4, 0.5) is 24.9 Å². The molecule has 2 aromatic rings. The molecule has 1 heterocycles. The molecule has 0 radical (unpaired) electrons. The summed E-state index contributed by atoms with van der Waals surface area (Å²) in [6, 6.07) is 1.06. The molecule has 18 heavy (non-hydrogen) atoms. The second-order valence-electron chi connectivity index (χ2n) is 3.16. The minimum absolute atomic E-state index is 0.161. The largest absolute Gasteiger partial charge is 0.399 e. The van der Waals surface area contributed by atoms with Crippen LogP contribution in [0.5, 0.6) is 0 Å². The van der Waals surface area contributed by atoms with Crippen molar-refractivity contribution in [1.82, 2.24) is 10.2 Å². The Morgan fingerprint density at radius 2 is 1.83 bits per heavy atom.